The summed E-state index contributed by atoms with van der Waals surface area (Å²) < 4.78 is 5.09. The van der Waals surface area contributed by atoms with E-state index < -0.39 is 23.2 Å². The van der Waals surface area contributed by atoms with Crippen molar-refractivity contribution in [2.24, 2.45) is 5.41 Å². The van der Waals surface area contributed by atoms with Gasteiger partial charge in [-0.1, -0.05) is 30.0 Å². The molecule has 1 saturated carbocycles. The summed E-state index contributed by atoms with van der Waals surface area (Å²) in [5.74, 6) is -1.68. The zero-order chi connectivity index (χ0) is 16.4. The van der Waals surface area contributed by atoms with Crippen LogP contribution in [0.15, 0.2) is 24.3 Å². The van der Waals surface area contributed by atoms with E-state index in [0.29, 0.717) is 30.9 Å². The number of rotatable bonds is 5. The largest absolute Gasteiger partial charge is 0.385 e. The van der Waals surface area contributed by atoms with Crippen molar-refractivity contribution in [3.8, 4) is 0 Å². The van der Waals surface area contributed by atoms with Crippen LogP contribution in [0.5, 0.6) is 0 Å². The van der Waals surface area contributed by atoms with Gasteiger partial charge in [0.15, 0.2) is 0 Å². The Kier molecular flexibility index (Phi) is 4.17. The molecule has 6 nitrogen and oxygen atoms in total. The maximum Gasteiger partial charge on any atom is 0.339 e. The summed E-state index contributed by atoms with van der Waals surface area (Å²) in [4.78, 5) is 42.4. The molecule has 0 unspecified atom stereocenters. The molecule has 1 heterocycles. The first kappa shape index (κ1) is 15.7. The highest BCUT2D eigenvalue weighted by atomic mass is 16.7. The van der Waals surface area contributed by atoms with Crippen LogP contribution in [0.4, 0.5) is 0 Å². The van der Waals surface area contributed by atoms with Crippen molar-refractivity contribution in [3.05, 3.63) is 35.4 Å². The molecule has 1 aliphatic heterocycles. The second-order valence-corrected chi connectivity index (χ2v) is 6.06. The molecule has 3 rings (SSSR count). The second kappa shape index (κ2) is 6.12. The Bertz CT molecular complexity index is 613. The van der Waals surface area contributed by atoms with Gasteiger partial charge >= 0.3 is 5.97 Å². The van der Waals surface area contributed by atoms with Gasteiger partial charge in [-0.15, -0.1) is 0 Å². The van der Waals surface area contributed by atoms with Gasteiger partial charge in [0.2, 0.25) is 0 Å². The van der Waals surface area contributed by atoms with Crippen molar-refractivity contribution in [2.45, 2.75) is 32.1 Å². The molecule has 0 aromatic heterocycles. The molecule has 1 aromatic carbocycles. The summed E-state index contributed by atoms with van der Waals surface area (Å²) in [6.07, 6.45) is 3.78. The van der Waals surface area contributed by atoms with Gasteiger partial charge in [0.25, 0.3) is 11.8 Å². The highest BCUT2D eigenvalue weighted by Crippen LogP contribution is 2.42. The lowest BCUT2D eigenvalue weighted by molar-refractivity contribution is -0.182. The zero-order valence-corrected chi connectivity index (χ0v) is 13.0. The van der Waals surface area contributed by atoms with Gasteiger partial charge < -0.3 is 9.57 Å². The number of methoxy groups -OCH3 is 1. The first-order valence-corrected chi connectivity index (χ1v) is 7.78. The van der Waals surface area contributed by atoms with Crippen LogP contribution in [0.1, 0.15) is 52.8 Å². The molecule has 2 aliphatic rings. The van der Waals surface area contributed by atoms with Crippen LogP contribution in [0, 0.1) is 5.41 Å². The Balaban J connectivity index is 1.78. The smallest absolute Gasteiger partial charge is 0.339 e. The average molecular weight is 317 g/mol. The van der Waals surface area contributed by atoms with Crippen LogP contribution >= 0.6 is 0 Å². The first-order valence-electron chi connectivity index (χ1n) is 7.78. The molecular formula is C17H19NO5. The third-order valence-electron chi connectivity index (χ3n) is 4.71. The Morgan fingerprint density at radius 3 is 2.22 bits per heavy atom. The lowest BCUT2D eigenvalue weighted by atomic mass is 9.83. The molecule has 1 fully saturated rings. The Morgan fingerprint density at radius 1 is 1.13 bits per heavy atom. The highest BCUT2D eigenvalue weighted by molar-refractivity contribution is 6.20. The number of carbonyl (C=O) groups is 3. The van der Waals surface area contributed by atoms with Gasteiger partial charge in [0.1, 0.15) is 0 Å². The number of hydrogen-bond acceptors (Lipinski definition) is 5. The number of amides is 2. The van der Waals surface area contributed by atoms with Gasteiger partial charge in [-0.3, -0.25) is 9.59 Å². The van der Waals surface area contributed by atoms with E-state index in [9.17, 15) is 14.4 Å². The number of nitrogens with zero attached hydrogens (tertiary/aromatic N) is 1. The molecular weight excluding hydrogens is 298 g/mol. The second-order valence-electron chi connectivity index (χ2n) is 6.06. The number of benzene rings is 1. The quantitative estimate of drug-likeness (QED) is 0.779. The number of imide groups is 1. The Labute approximate surface area is 134 Å². The van der Waals surface area contributed by atoms with E-state index in [0.717, 1.165) is 12.8 Å². The fraction of sp³-hybridized carbons (Fsp3) is 0.471. The molecule has 0 radical (unpaired) electrons. The SMILES string of the molecule is COCCC1(C(=O)ON2C(=O)c3ccccc3C2=O)CCCC1. The number of carbonyl (C=O) groups excluding carboxylic acids is 3. The van der Waals surface area contributed by atoms with E-state index in [4.69, 9.17) is 9.57 Å². The molecule has 0 spiro atoms. The molecule has 122 valence electrons. The van der Waals surface area contributed by atoms with Crippen LogP contribution in [-0.2, 0) is 14.4 Å². The van der Waals surface area contributed by atoms with Crippen molar-refractivity contribution in [2.75, 3.05) is 13.7 Å². The average Bonchev–Trinajstić information content (AvgIpc) is 3.14. The van der Waals surface area contributed by atoms with E-state index in [-0.39, 0.29) is 11.1 Å². The van der Waals surface area contributed by atoms with Crippen molar-refractivity contribution in [3.63, 3.8) is 0 Å². The third-order valence-corrected chi connectivity index (χ3v) is 4.71. The van der Waals surface area contributed by atoms with Crippen LogP contribution < -0.4 is 0 Å². The number of fused-ring (bicyclic) bond motifs is 1. The summed E-state index contributed by atoms with van der Waals surface area (Å²) in [6.45, 7) is 0.442. The summed E-state index contributed by atoms with van der Waals surface area (Å²) in [5.41, 5.74) is -0.129. The minimum absolute atomic E-state index is 0.266. The summed E-state index contributed by atoms with van der Waals surface area (Å²) in [5, 5.41) is 0.597. The Morgan fingerprint density at radius 2 is 1.70 bits per heavy atom. The van der Waals surface area contributed by atoms with Crippen molar-refractivity contribution >= 4 is 17.8 Å². The fourth-order valence-corrected chi connectivity index (χ4v) is 3.34. The summed E-state index contributed by atoms with van der Waals surface area (Å²) >= 11 is 0. The fourth-order valence-electron chi connectivity index (χ4n) is 3.34. The molecule has 1 aromatic rings. The maximum atomic E-state index is 12.6. The topological polar surface area (TPSA) is 72.9 Å². The number of hydroxylamine groups is 2. The third kappa shape index (κ3) is 2.63. The van der Waals surface area contributed by atoms with Crippen LogP contribution in [0.2, 0.25) is 0 Å². The molecule has 0 bridgehead atoms. The predicted molar refractivity (Wildman–Crippen MR) is 80.4 cm³/mol. The van der Waals surface area contributed by atoms with E-state index >= 15 is 0 Å². The molecule has 0 N–H and O–H groups in total. The molecule has 6 heteroatoms. The minimum atomic E-state index is -0.661. The van der Waals surface area contributed by atoms with Crippen LogP contribution in [-0.4, -0.2) is 36.6 Å². The maximum absolute atomic E-state index is 12.6. The standard InChI is InChI=1S/C17H19NO5/c1-22-11-10-17(8-4-5-9-17)16(21)23-18-14(19)12-6-2-3-7-13(12)15(18)20/h2-3,6-7H,4-5,8-11H2,1H3. The van der Waals surface area contributed by atoms with Crippen LogP contribution in [0.25, 0.3) is 0 Å². The summed E-state index contributed by atoms with van der Waals surface area (Å²) in [7, 11) is 1.58. The van der Waals surface area contributed by atoms with E-state index in [1.54, 1.807) is 31.4 Å². The lowest BCUT2D eigenvalue weighted by Gasteiger charge is -2.27. The van der Waals surface area contributed by atoms with Crippen molar-refractivity contribution < 1.29 is 24.0 Å². The molecule has 0 saturated heterocycles. The van der Waals surface area contributed by atoms with E-state index in [1.807, 2.05) is 0 Å². The van der Waals surface area contributed by atoms with Crippen molar-refractivity contribution in [1.29, 1.82) is 0 Å². The lowest BCUT2D eigenvalue weighted by Crippen LogP contribution is -2.40. The normalized spacial score (nSPS) is 19.1. The van der Waals surface area contributed by atoms with E-state index in [2.05, 4.69) is 0 Å². The molecule has 2 amide bonds. The Hall–Kier alpha value is -2.21. The monoisotopic (exact) mass is 317 g/mol. The zero-order valence-electron chi connectivity index (χ0n) is 13.0. The van der Waals surface area contributed by atoms with Crippen LogP contribution in [0.3, 0.4) is 0 Å². The first-order chi connectivity index (χ1) is 11.1. The number of ether oxygens (including phenoxy) is 1. The van der Waals surface area contributed by atoms with Gasteiger partial charge in [-0.25, -0.2) is 4.79 Å². The highest BCUT2D eigenvalue weighted by Gasteiger charge is 2.46. The van der Waals surface area contributed by atoms with Crippen molar-refractivity contribution in [1.82, 2.24) is 5.06 Å². The van der Waals surface area contributed by atoms with Gasteiger partial charge in [0.05, 0.1) is 16.5 Å². The molecule has 23 heavy (non-hydrogen) atoms. The van der Waals surface area contributed by atoms with Gasteiger partial charge in [-0.05, 0) is 31.4 Å². The molecule has 0 atom stereocenters. The number of hydrogen-bond donors (Lipinski definition) is 0. The minimum Gasteiger partial charge on any atom is -0.385 e. The summed E-state index contributed by atoms with van der Waals surface area (Å²) in [6, 6.07) is 6.46. The van der Waals surface area contributed by atoms with E-state index in [1.165, 1.54) is 0 Å². The predicted octanol–water partition coefficient (Wildman–Crippen LogP) is 2.34. The van der Waals surface area contributed by atoms with Gasteiger partial charge in [-0.2, -0.15) is 0 Å². The molecule has 1 aliphatic carbocycles. The van der Waals surface area contributed by atoms with Gasteiger partial charge in [0, 0.05) is 13.7 Å².